The number of rotatable bonds is 3. The second-order valence-electron chi connectivity index (χ2n) is 6.19. The maximum Gasteiger partial charge on any atom is 0.335 e. The third-order valence-corrected chi connectivity index (χ3v) is 4.37. The normalized spacial score (nSPS) is 14.5. The second-order valence-corrected chi connectivity index (χ2v) is 6.19. The van der Waals surface area contributed by atoms with E-state index in [-0.39, 0.29) is 29.3 Å². The number of imidazole rings is 1. The smallest absolute Gasteiger partial charge is 0.335 e. The molecule has 7 nitrogen and oxygen atoms in total. The highest BCUT2D eigenvalue weighted by molar-refractivity contribution is 6.30. The van der Waals surface area contributed by atoms with Crippen LogP contribution in [0.25, 0.3) is 16.6 Å². The fourth-order valence-electron chi connectivity index (χ4n) is 3.08. The van der Waals surface area contributed by atoms with E-state index in [1.165, 1.54) is 17.0 Å². The Balaban J connectivity index is 1.72. The van der Waals surface area contributed by atoms with Crippen LogP contribution in [0.2, 0.25) is 0 Å². The summed E-state index contributed by atoms with van der Waals surface area (Å²) in [5.41, 5.74) is 3.40. The molecule has 0 unspecified atom stereocenters. The van der Waals surface area contributed by atoms with Crippen molar-refractivity contribution in [3.8, 4) is 0 Å². The van der Waals surface area contributed by atoms with E-state index in [1.54, 1.807) is 12.1 Å². The third kappa shape index (κ3) is 2.50. The highest BCUT2D eigenvalue weighted by Gasteiger charge is 2.27. The van der Waals surface area contributed by atoms with E-state index < -0.39 is 5.97 Å². The van der Waals surface area contributed by atoms with Gasteiger partial charge in [0.15, 0.2) is 0 Å². The van der Waals surface area contributed by atoms with Gasteiger partial charge in [0.1, 0.15) is 11.7 Å². The molecule has 7 heteroatoms. The van der Waals surface area contributed by atoms with Crippen LogP contribution in [0.15, 0.2) is 48.2 Å². The lowest BCUT2D eigenvalue weighted by molar-refractivity contribution is -0.300. The van der Waals surface area contributed by atoms with Crippen LogP contribution in [0, 0.1) is 12.3 Å². The summed E-state index contributed by atoms with van der Waals surface area (Å²) >= 11 is 0. The molecular weight excluding hydrogens is 332 g/mol. The summed E-state index contributed by atoms with van der Waals surface area (Å²) in [6.07, 6.45) is 0. The van der Waals surface area contributed by atoms with Gasteiger partial charge in [-0.3, -0.25) is 5.41 Å². The van der Waals surface area contributed by atoms with Gasteiger partial charge in [0.2, 0.25) is 0 Å². The number of hydrogen-bond donors (Lipinski definition) is 3. The van der Waals surface area contributed by atoms with Crippen LogP contribution in [0.5, 0.6) is 0 Å². The number of fused-ring (bicyclic) bond motifs is 1. The molecule has 0 aliphatic carbocycles. The topological polar surface area (TPSA) is 116 Å². The molecule has 1 aliphatic rings. The monoisotopic (exact) mass is 347 g/mol. The van der Waals surface area contributed by atoms with Crippen LogP contribution >= 0.6 is 0 Å². The molecule has 0 saturated heterocycles. The molecule has 0 fully saturated rings. The summed E-state index contributed by atoms with van der Waals surface area (Å²) in [4.78, 5) is 20.2. The first-order valence-corrected chi connectivity index (χ1v) is 8.01. The summed E-state index contributed by atoms with van der Waals surface area (Å²) < 4.78 is 0. The first-order chi connectivity index (χ1) is 12.4. The number of aromatic amines is 1. The number of amidine groups is 1. The molecule has 4 rings (SSSR count). The van der Waals surface area contributed by atoms with E-state index in [0.717, 1.165) is 16.6 Å². The van der Waals surface area contributed by atoms with Crippen molar-refractivity contribution in [1.29, 1.82) is 5.41 Å². The minimum absolute atomic E-state index is 0.00770. The average Bonchev–Trinajstić information content (AvgIpc) is 3.14. The molecule has 0 atom stereocenters. The van der Waals surface area contributed by atoms with Crippen molar-refractivity contribution < 1.29 is 15.0 Å². The summed E-state index contributed by atoms with van der Waals surface area (Å²) in [6, 6.07) is 11.9. The van der Waals surface area contributed by atoms with Gasteiger partial charge in [0, 0.05) is 17.8 Å². The number of H-pyrrole nitrogens is 1. The minimum atomic E-state index is -1.05. The Kier molecular flexibility index (Phi) is 3.50. The first kappa shape index (κ1) is 15.9. The Hall–Kier alpha value is -3.61. The number of hydrogen-bond acceptors (Lipinski definition) is 4. The minimum Gasteiger partial charge on any atom is -0.874 e. The molecule has 0 radical (unpaired) electrons. The summed E-state index contributed by atoms with van der Waals surface area (Å²) in [5.74, 6) is -0.918. The lowest BCUT2D eigenvalue weighted by atomic mass is 10.2. The quantitative estimate of drug-likeness (QED) is 0.671. The Morgan fingerprint density at radius 3 is 2.88 bits per heavy atom. The van der Waals surface area contributed by atoms with E-state index in [2.05, 4.69) is 9.97 Å². The number of aromatic carboxylic acids is 1. The van der Waals surface area contributed by atoms with Crippen LogP contribution < -0.4 is 10.0 Å². The highest BCUT2D eigenvalue weighted by atomic mass is 16.4. The van der Waals surface area contributed by atoms with Gasteiger partial charge in [-0.2, -0.15) is 0 Å². The number of nitrogens with one attached hydrogen (secondary N) is 2. The molecular formula is C19H15N4O3-. The molecule has 2 heterocycles. The molecule has 26 heavy (non-hydrogen) atoms. The summed E-state index contributed by atoms with van der Waals surface area (Å²) in [6.45, 7) is 1.94. The molecule has 2 aromatic carbocycles. The van der Waals surface area contributed by atoms with Crippen LogP contribution in [0.3, 0.4) is 0 Å². The van der Waals surface area contributed by atoms with Gasteiger partial charge >= 0.3 is 5.97 Å². The molecule has 0 spiro atoms. The van der Waals surface area contributed by atoms with Crippen molar-refractivity contribution in [3.05, 3.63) is 65.2 Å². The Morgan fingerprint density at radius 2 is 2.12 bits per heavy atom. The third-order valence-electron chi connectivity index (χ3n) is 4.37. The molecule has 0 amide bonds. The number of anilines is 1. The molecule has 3 N–H and O–H groups in total. The van der Waals surface area contributed by atoms with E-state index >= 15 is 0 Å². The summed E-state index contributed by atoms with van der Waals surface area (Å²) in [7, 11) is 0. The Labute approximate surface area is 148 Å². The molecule has 1 aliphatic heterocycles. The maximum atomic E-state index is 12.5. The van der Waals surface area contributed by atoms with Gasteiger partial charge in [-0.05, 0) is 42.8 Å². The van der Waals surface area contributed by atoms with Crippen molar-refractivity contribution in [3.63, 3.8) is 0 Å². The van der Waals surface area contributed by atoms with Crippen molar-refractivity contribution in [2.75, 3.05) is 11.4 Å². The first-order valence-electron chi connectivity index (χ1n) is 8.01. The zero-order valence-corrected chi connectivity index (χ0v) is 13.9. The highest BCUT2D eigenvalue weighted by Crippen LogP contribution is 2.30. The Morgan fingerprint density at radius 1 is 1.31 bits per heavy atom. The molecule has 0 bridgehead atoms. The van der Waals surface area contributed by atoms with Crippen molar-refractivity contribution in [1.82, 2.24) is 9.97 Å². The number of carbonyl (C=O) groups is 1. The molecule has 0 saturated carbocycles. The van der Waals surface area contributed by atoms with Gasteiger partial charge in [-0.25, -0.2) is 9.78 Å². The van der Waals surface area contributed by atoms with Gasteiger partial charge in [0.05, 0.1) is 16.6 Å². The van der Waals surface area contributed by atoms with E-state index in [9.17, 15) is 9.90 Å². The van der Waals surface area contributed by atoms with E-state index in [1.807, 2.05) is 25.1 Å². The van der Waals surface area contributed by atoms with E-state index in [4.69, 9.17) is 10.5 Å². The van der Waals surface area contributed by atoms with Crippen LogP contribution in [-0.2, 0) is 0 Å². The number of nitrogens with zero attached hydrogens (tertiary/aromatic N) is 2. The SMILES string of the molecule is Cc1ccc2nc(C3=C([O-])CN(c4cccc(C(=O)O)c4)C3=N)[nH]c2c1. The number of carboxylic acid groups (broad SMARTS) is 1. The lowest BCUT2D eigenvalue weighted by Gasteiger charge is -2.20. The van der Waals surface area contributed by atoms with E-state index in [0.29, 0.717) is 11.5 Å². The standard InChI is InChI=1S/C19H16N4O3/c1-10-5-6-13-14(7-10)22-18(21-13)16-15(24)9-23(17(16)20)12-4-2-3-11(8-12)19(25)26/h2-8,20,24H,9H2,1H3,(H,21,22)(H,25,26)/p-1. The predicted octanol–water partition coefficient (Wildman–Crippen LogP) is 2.14. The largest absolute Gasteiger partial charge is 0.874 e. The van der Waals surface area contributed by atoms with Crippen molar-refractivity contribution in [2.45, 2.75) is 6.92 Å². The number of aromatic nitrogens is 2. The van der Waals surface area contributed by atoms with Gasteiger partial charge in [-0.15, -0.1) is 0 Å². The number of aryl methyl sites for hydroxylation is 1. The fourth-order valence-corrected chi connectivity index (χ4v) is 3.08. The number of benzene rings is 2. The Bertz CT molecular complexity index is 1100. The van der Waals surface area contributed by atoms with Gasteiger partial charge in [-0.1, -0.05) is 17.9 Å². The average molecular weight is 347 g/mol. The van der Waals surface area contributed by atoms with Crippen molar-refractivity contribution in [2.24, 2.45) is 0 Å². The van der Waals surface area contributed by atoms with Crippen molar-refractivity contribution >= 4 is 34.1 Å². The maximum absolute atomic E-state index is 12.5. The molecule has 1 aromatic heterocycles. The fraction of sp³-hybridized carbons (Fsp3) is 0.105. The van der Waals surface area contributed by atoms with Crippen LogP contribution in [0.4, 0.5) is 5.69 Å². The lowest BCUT2D eigenvalue weighted by Crippen LogP contribution is -2.27. The summed E-state index contributed by atoms with van der Waals surface area (Å²) in [5, 5.41) is 30.1. The predicted molar refractivity (Wildman–Crippen MR) is 96.2 cm³/mol. The van der Waals surface area contributed by atoms with Crippen LogP contribution in [0.1, 0.15) is 21.7 Å². The molecule has 130 valence electrons. The zero-order chi connectivity index (χ0) is 18.4. The second kappa shape index (κ2) is 5.73. The van der Waals surface area contributed by atoms with Gasteiger partial charge in [0.25, 0.3) is 0 Å². The zero-order valence-electron chi connectivity index (χ0n) is 13.9. The van der Waals surface area contributed by atoms with Crippen LogP contribution in [-0.4, -0.2) is 33.4 Å². The number of carboxylic acids is 1. The van der Waals surface area contributed by atoms with Gasteiger partial charge < -0.3 is 20.1 Å². The molecule has 3 aromatic rings.